The number of amides is 2. The Morgan fingerprint density at radius 3 is 2.63 bits per heavy atom. The summed E-state index contributed by atoms with van der Waals surface area (Å²) in [4.78, 5) is 24.3. The minimum absolute atomic E-state index is 0.133. The van der Waals surface area contributed by atoms with Crippen LogP contribution in [0, 0.1) is 13.8 Å². The van der Waals surface area contributed by atoms with Gasteiger partial charge in [0.1, 0.15) is 5.60 Å². The predicted molar refractivity (Wildman–Crippen MR) is 99.7 cm³/mol. The molecule has 0 radical (unpaired) electrons. The summed E-state index contributed by atoms with van der Waals surface area (Å²) >= 11 is 0. The van der Waals surface area contributed by atoms with Gasteiger partial charge in [0.2, 0.25) is 6.79 Å². The SMILES string of the molecule is Cc1cccc(NC(=O)C(=O)NCC(C)(O)c2ccc3c(c2)OCO3)c1C. The van der Waals surface area contributed by atoms with Crippen LogP contribution in [-0.2, 0) is 15.2 Å². The van der Waals surface area contributed by atoms with Crippen LogP contribution < -0.4 is 20.1 Å². The number of fused-ring (bicyclic) bond motifs is 1. The molecule has 1 unspecified atom stereocenters. The van der Waals surface area contributed by atoms with E-state index >= 15 is 0 Å². The van der Waals surface area contributed by atoms with E-state index in [4.69, 9.17) is 9.47 Å². The van der Waals surface area contributed by atoms with Gasteiger partial charge in [0, 0.05) is 5.69 Å². The number of rotatable bonds is 4. The molecule has 2 aromatic rings. The number of hydrogen-bond acceptors (Lipinski definition) is 5. The van der Waals surface area contributed by atoms with Crippen molar-refractivity contribution in [2.24, 2.45) is 0 Å². The van der Waals surface area contributed by atoms with Gasteiger partial charge in [-0.1, -0.05) is 18.2 Å². The molecular formula is C20H22N2O5. The molecule has 0 saturated carbocycles. The van der Waals surface area contributed by atoms with Crippen LogP contribution in [0.5, 0.6) is 11.5 Å². The molecule has 1 aliphatic rings. The lowest BCUT2D eigenvalue weighted by atomic mass is 9.95. The number of anilines is 1. The molecule has 3 N–H and O–H groups in total. The molecule has 7 nitrogen and oxygen atoms in total. The van der Waals surface area contributed by atoms with Gasteiger partial charge < -0.3 is 25.2 Å². The molecular weight excluding hydrogens is 348 g/mol. The summed E-state index contributed by atoms with van der Waals surface area (Å²) in [6.07, 6.45) is 0. The van der Waals surface area contributed by atoms with Gasteiger partial charge in [-0.2, -0.15) is 0 Å². The summed E-state index contributed by atoms with van der Waals surface area (Å²) in [5, 5.41) is 15.7. The normalized spacial score (nSPS) is 14.4. The van der Waals surface area contributed by atoms with Gasteiger partial charge in [0.15, 0.2) is 11.5 Å². The maximum Gasteiger partial charge on any atom is 0.313 e. The molecule has 0 aliphatic carbocycles. The molecule has 27 heavy (non-hydrogen) atoms. The molecule has 1 heterocycles. The standard InChI is InChI=1S/C20H22N2O5/c1-12-5-4-6-15(13(12)2)22-19(24)18(23)21-10-20(3,25)14-7-8-16-17(9-14)27-11-26-16/h4-9,25H,10-11H2,1-3H3,(H,21,23)(H,22,24). The summed E-state index contributed by atoms with van der Waals surface area (Å²) in [6.45, 7) is 5.34. The number of benzene rings is 2. The Labute approximate surface area is 157 Å². The number of hydrogen-bond donors (Lipinski definition) is 3. The molecule has 0 saturated heterocycles. The van der Waals surface area contributed by atoms with Crippen molar-refractivity contribution in [2.45, 2.75) is 26.4 Å². The van der Waals surface area contributed by atoms with Crippen molar-refractivity contribution in [3.63, 3.8) is 0 Å². The van der Waals surface area contributed by atoms with Crippen LogP contribution in [0.2, 0.25) is 0 Å². The number of aliphatic hydroxyl groups is 1. The summed E-state index contributed by atoms with van der Waals surface area (Å²) in [6, 6.07) is 10.5. The summed E-state index contributed by atoms with van der Waals surface area (Å²) in [7, 11) is 0. The molecule has 2 aromatic carbocycles. The van der Waals surface area contributed by atoms with Gasteiger partial charge in [-0.25, -0.2) is 0 Å². The molecule has 0 bridgehead atoms. The van der Waals surface area contributed by atoms with Gasteiger partial charge >= 0.3 is 11.8 Å². The largest absolute Gasteiger partial charge is 0.454 e. The number of ether oxygens (including phenoxy) is 2. The highest BCUT2D eigenvalue weighted by atomic mass is 16.7. The van der Waals surface area contributed by atoms with Gasteiger partial charge in [0.05, 0.1) is 6.54 Å². The maximum absolute atomic E-state index is 12.1. The lowest BCUT2D eigenvalue weighted by Gasteiger charge is -2.24. The topological polar surface area (TPSA) is 96.9 Å². The maximum atomic E-state index is 12.1. The van der Waals surface area contributed by atoms with Crippen molar-refractivity contribution < 1.29 is 24.2 Å². The summed E-state index contributed by atoms with van der Waals surface area (Å²) < 4.78 is 10.5. The van der Waals surface area contributed by atoms with Crippen LogP contribution in [0.3, 0.4) is 0 Å². The minimum atomic E-state index is -1.38. The van der Waals surface area contributed by atoms with E-state index in [1.165, 1.54) is 0 Å². The molecule has 3 rings (SSSR count). The number of carbonyl (C=O) groups is 2. The lowest BCUT2D eigenvalue weighted by Crippen LogP contribution is -2.43. The first-order valence-corrected chi connectivity index (χ1v) is 8.56. The first kappa shape index (κ1) is 18.7. The van der Waals surface area contributed by atoms with Gasteiger partial charge in [-0.15, -0.1) is 0 Å². The third-order valence-corrected chi connectivity index (χ3v) is 4.65. The quantitative estimate of drug-likeness (QED) is 0.715. The second-order valence-corrected chi connectivity index (χ2v) is 6.73. The molecule has 7 heteroatoms. The Morgan fingerprint density at radius 2 is 1.85 bits per heavy atom. The zero-order valence-corrected chi connectivity index (χ0v) is 15.5. The smallest absolute Gasteiger partial charge is 0.313 e. The second kappa shape index (κ2) is 7.28. The Kier molecular flexibility index (Phi) is 5.05. The van der Waals surface area contributed by atoms with E-state index in [0.29, 0.717) is 22.7 Å². The van der Waals surface area contributed by atoms with E-state index in [2.05, 4.69) is 10.6 Å². The van der Waals surface area contributed by atoms with E-state index in [1.54, 1.807) is 37.3 Å². The Hall–Kier alpha value is -3.06. The van der Waals surface area contributed by atoms with Crippen molar-refractivity contribution in [1.29, 1.82) is 0 Å². The third-order valence-electron chi connectivity index (χ3n) is 4.65. The fourth-order valence-electron chi connectivity index (χ4n) is 2.73. The van der Waals surface area contributed by atoms with Crippen LogP contribution in [0.15, 0.2) is 36.4 Å². The highest BCUT2D eigenvalue weighted by molar-refractivity contribution is 6.39. The fourth-order valence-corrected chi connectivity index (χ4v) is 2.73. The van der Waals surface area contributed by atoms with E-state index in [-0.39, 0.29) is 13.3 Å². The average Bonchev–Trinajstić information content (AvgIpc) is 3.11. The molecule has 0 fully saturated rings. The molecule has 142 valence electrons. The fraction of sp³-hybridized carbons (Fsp3) is 0.300. The predicted octanol–water partition coefficient (Wildman–Crippen LogP) is 1.99. The number of carbonyl (C=O) groups excluding carboxylic acids is 2. The Balaban J connectivity index is 1.62. The van der Waals surface area contributed by atoms with Crippen molar-refractivity contribution >= 4 is 17.5 Å². The zero-order valence-electron chi connectivity index (χ0n) is 15.5. The molecule has 1 atom stereocenters. The van der Waals surface area contributed by atoms with Gasteiger partial charge in [-0.3, -0.25) is 9.59 Å². The molecule has 0 aromatic heterocycles. The van der Waals surface area contributed by atoms with Crippen LogP contribution >= 0.6 is 0 Å². The third kappa shape index (κ3) is 4.03. The van der Waals surface area contributed by atoms with Gasteiger partial charge in [-0.05, 0) is 55.7 Å². The van der Waals surface area contributed by atoms with E-state index in [9.17, 15) is 14.7 Å². The van der Waals surface area contributed by atoms with Crippen molar-refractivity contribution in [1.82, 2.24) is 5.32 Å². The van der Waals surface area contributed by atoms with Crippen LogP contribution in [0.1, 0.15) is 23.6 Å². The zero-order chi connectivity index (χ0) is 19.6. The van der Waals surface area contributed by atoms with Crippen LogP contribution in [0.25, 0.3) is 0 Å². The Bertz CT molecular complexity index is 892. The van der Waals surface area contributed by atoms with Crippen LogP contribution in [-0.4, -0.2) is 30.3 Å². The number of aryl methyl sites for hydroxylation is 1. The van der Waals surface area contributed by atoms with E-state index < -0.39 is 17.4 Å². The van der Waals surface area contributed by atoms with Crippen molar-refractivity contribution in [2.75, 3.05) is 18.7 Å². The van der Waals surface area contributed by atoms with Crippen LogP contribution in [0.4, 0.5) is 5.69 Å². The first-order chi connectivity index (χ1) is 12.8. The molecule has 1 aliphatic heterocycles. The minimum Gasteiger partial charge on any atom is -0.454 e. The highest BCUT2D eigenvalue weighted by Crippen LogP contribution is 2.35. The monoisotopic (exact) mass is 370 g/mol. The highest BCUT2D eigenvalue weighted by Gasteiger charge is 2.28. The summed E-state index contributed by atoms with van der Waals surface area (Å²) in [5.74, 6) is -0.472. The summed E-state index contributed by atoms with van der Waals surface area (Å²) in [5.41, 5.74) is 1.65. The second-order valence-electron chi connectivity index (χ2n) is 6.73. The molecule has 0 spiro atoms. The first-order valence-electron chi connectivity index (χ1n) is 8.56. The van der Waals surface area contributed by atoms with E-state index in [0.717, 1.165) is 11.1 Å². The average molecular weight is 370 g/mol. The van der Waals surface area contributed by atoms with Gasteiger partial charge in [0.25, 0.3) is 0 Å². The Morgan fingerprint density at radius 1 is 1.11 bits per heavy atom. The van der Waals surface area contributed by atoms with Crippen molar-refractivity contribution in [3.05, 3.63) is 53.1 Å². The molecule has 2 amide bonds. The van der Waals surface area contributed by atoms with Crippen molar-refractivity contribution in [3.8, 4) is 11.5 Å². The van der Waals surface area contributed by atoms with E-state index in [1.807, 2.05) is 19.9 Å². The number of nitrogens with one attached hydrogen (secondary N) is 2. The lowest BCUT2D eigenvalue weighted by molar-refractivity contribution is -0.136.